The van der Waals surface area contributed by atoms with Crippen LogP contribution in [0.3, 0.4) is 0 Å². The molecular formula is C21H39N5O3. The largest absolute Gasteiger partial charge is 0.395 e. The first kappa shape index (κ1) is 22.3. The van der Waals surface area contributed by atoms with Gasteiger partial charge in [0.1, 0.15) is 0 Å². The van der Waals surface area contributed by atoms with E-state index in [0.29, 0.717) is 24.9 Å². The summed E-state index contributed by atoms with van der Waals surface area (Å²) in [5.41, 5.74) is 3.40. The van der Waals surface area contributed by atoms with Crippen molar-refractivity contribution in [3.63, 3.8) is 0 Å². The molecule has 3 rings (SSSR count). The van der Waals surface area contributed by atoms with Crippen LogP contribution in [-0.2, 0) is 4.79 Å². The van der Waals surface area contributed by atoms with Crippen molar-refractivity contribution in [3.05, 3.63) is 0 Å². The van der Waals surface area contributed by atoms with Gasteiger partial charge in [-0.25, -0.2) is 9.80 Å². The quantitative estimate of drug-likeness (QED) is 0.723. The number of piperazine rings is 1. The van der Waals surface area contributed by atoms with Crippen LogP contribution >= 0.6 is 0 Å². The van der Waals surface area contributed by atoms with Crippen LogP contribution in [0.1, 0.15) is 47.0 Å². The summed E-state index contributed by atoms with van der Waals surface area (Å²) in [4.78, 5) is 31.6. The fourth-order valence-electron chi connectivity index (χ4n) is 5.54. The third-order valence-corrected chi connectivity index (χ3v) is 7.27. The molecule has 3 amide bonds. The van der Waals surface area contributed by atoms with E-state index in [1.807, 2.05) is 30.7 Å². The molecule has 4 unspecified atom stereocenters. The second-order valence-corrected chi connectivity index (χ2v) is 9.41. The van der Waals surface area contributed by atoms with Crippen molar-refractivity contribution >= 4 is 11.9 Å². The molecule has 0 spiro atoms. The van der Waals surface area contributed by atoms with Gasteiger partial charge in [0, 0.05) is 52.2 Å². The van der Waals surface area contributed by atoms with Crippen molar-refractivity contribution in [1.82, 2.24) is 25.1 Å². The highest BCUT2D eigenvalue weighted by molar-refractivity contribution is 5.77. The number of urea groups is 1. The summed E-state index contributed by atoms with van der Waals surface area (Å²) < 4.78 is 0. The van der Waals surface area contributed by atoms with Gasteiger partial charge in [-0.3, -0.25) is 10.2 Å². The first-order valence-electron chi connectivity index (χ1n) is 11.2. The highest BCUT2D eigenvalue weighted by Crippen LogP contribution is 2.39. The summed E-state index contributed by atoms with van der Waals surface area (Å²) in [5, 5.41) is 11.3. The predicted octanol–water partition coefficient (Wildman–Crippen LogP) is 0.965. The molecule has 8 heteroatoms. The van der Waals surface area contributed by atoms with Gasteiger partial charge in [-0.1, -0.05) is 0 Å². The monoisotopic (exact) mass is 409 g/mol. The molecule has 0 bridgehead atoms. The Labute approximate surface area is 175 Å². The minimum atomic E-state index is 0.0444. The van der Waals surface area contributed by atoms with Crippen molar-refractivity contribution in [2.75, 3.05) is 39.8 Å². The third-order valence-electron chi connectivity index (χ3n) is 7.27. The minimum Gasteiger partial charge on any atom is -0.395 e. The molecule has 3 fully saturated rings. The minimum absolute atomic E-state index is 0.0444. The van der Waals surface area contributed by atoms with Crippen LogP contribution in [0, 0.1) is 11.8 Å². The Kier molecular flexibility index (Phi) is 7.06. The van der Waals surface area contributed by atoms with Gasteiger partial charge in [0.2, 0.25) is 5.91 Å². The fraction of sp³-hybridized carbons (Fsp3) is 0.905. The number of carbonyl (C=O) groups is 2. The Balaban J connectivity index is 1.78. The van der Waals surface area contributed by atoms with E-state index >= 15 is 0 Å². The summed E-state index contributed by atoms with van der Waals surface area (Å²) in [5.74, 6) is 1.16. The van der Waals surface area contributed by atoms with E-state index < -0.39 is 0 Å². The first-order valence-corrected chi connectivity index (χ1v) is 11.2. The molecule has 2 heterocycles. The molecule has 3 aliphatic rings. The van der Waals surface area contributed by atoms with Gasteiger partial charge < -0.3 is 19.8 Å². The zero-order valence-electron chi connectivity index (χ0n) is 18.7. The number of aliphatic hydroxyl groups is 1. The van der Waals surface area contributed by atoms with Crippen molar-refractivity contribution in [1.29, 1.82) is 0 Å². The molecular weight excluding hydrogens is 370 g/mol. The third kappa shape index (κ3) is 4.54. The van der Waals surface area contributed by atoms with E-state index in [0.717, 1.165) is 32.4 Å². The lowest BCUT2D eigenvalue weighted by Crippen LogP contribution is -2.68. The number of amides is 3. The van der Waals surface area contributed by atoms with Gasteiger partial charge in [0.05, 0.1) is 18.7 Å². The lowest BCUT2D eigenvalue weighted by Gasteiger charge is -2.55. The molecule has 8 nitrogen and oxygen atoms in total. The molecule has 0 aromatic rings. The highest BCUT2D eigenvalue weighted by Gasteiger charge is 2.48. The molecule has 1 saturated carbocycles. The zero-order chi connectivity index (χ0) is 21.3. The van der Waals surface area contributed by atoms with Gasteiger partial charge in [0.15, 0.2) is 0 Å². The molecule has 2 saturated heterocycles. The van der Waals surface area contributed by atoms with Crippen molar-refractivity contribution < 1.29 is 14.7 Å². The van der Waals surface area contributed by atoms with Gasteiger partial charge in [-0.15, -0.1) is 0 Å². The molecule has 0 aromatic heterocycles. The SMILES string of the molecule is CC(=O)N1C2CCC(C3CNN(CCO)C3)CC2N(C(=O)N(C)C(C)C)C[C@@H]1C. The van der Waals surface area contributed by atoms with E-state index in [1.54, 1.807) is 6.92 Å². The van der Waals surface area contributed by atoms with E-state index in [1.165, 1.54) is 0 Å². The molecule has 2 aliphatic heterocycles. The number of fused-ring (bicyclic) bond motifs is 1. The normalized spacial score (nSPS) is 33.1. The second-order valence-electron chi connectivity index (χ2n) is 9.41. The highest BCUT2D eigenvalue weighted by atomic mass is 16.3. The van der Waals surface area contributed by atoms with Gasteiger partial charge >= 0.3 is 6.03 Å². The van der Waals surface area contributed by atoms with Crippen LogP contribution in [-0.4, -0.2) is 101 Å². The molecule has 2 N–H and O–H groups in total. The number of carbonyl (C=O) groups excluding carboxylic acids is 2. The zero-order valence-corrected chi connectivity index (χ0v) is 18.7. The summed E-state index contributed by atoms with van der Waals surface area (Å²) in [6.45, 7) is 11.1. The van der Waals surface area contributed by atoms with E-state index in [9.17, 15) is 14.7 Å². The maximum Gasteiger partial charge on any atom is 0.320 e. The van der Waals surface area contributed by atoms with Gasteiger partial charge in [0.25, 0.3) is 0 Å². The predicted molar refractivity (Wildman–Crippen MR) is 112 cm³/mol. The lowest BCUT2D eigenvalue weighted by atomic mass is 9.73. The Morgan fingerprint density at radius 3 is 2.52 bits per heavy atom. The molecule has 5 atom stereocenters. The molecule has 1 aliphatic carbocycles. The Bertz CT molecular complexity index is 601. The average Bonchev–Trinajstić information content (AvgIpc) is 3.14. The molecule has 29 heavy (non-hydrogen) atoms. The van der Waals surface area contributed by atoms with Gasteiger partial charge in [-0.05, 0) is 51.9 Å². The van der Waals surface area contributed by atoms with Crippen molar-refractivity contribution in [3.8, 4) is 0 Å². The number of rotatable bonds is 4. The van der Waals surface area contributed by atoms with Crippen molar-refractivity contribution in [2.24, 2.45) is 11.8 Å². The lowest BCUT2D eigenvalue weighted by molar-refractivity contribution is -0.141. The number of nitrogens with zero attached hydrogens (tertiary/aromatic N) is 4. The number of hydrogen-bond acceptors (Lipinski definition) is 5. The number of hydrazine groups is 1. The molecule has 0 aromatic carbocycles. The maximum atomic E-state index is 13.3. The number of nitrogens with one attached hydrogen (secondary N) is 1. The maximum absolute atomic E-state index is 13.3. The van der Waals surface area contributed by atoms with Gasteiger partial charge in [-0.2, -0.15) is 0 Å². The van der Waals surface area contributed by atoms with Crippen LogP contribution in [0.15, 0.2) is 0 Å². The second kappa shape index (κ2) is 9.18. The van der Waals surface area contributed by atoms with Crippen LogP contribution in [0.5, 0.6) is 0 Å². The van der Waals surface area contributed by atoms with E-state index in [-0.39, 0.29) is 42.7 Å². The number of aliphatic hydroxyl groups excluding tert-OH is 1. The number of β-amino-alcohol motifs (C(OH)–C–C–N with tert-alkyl or cyclic N) is 1. The average molecular weight is 410 g/mol. The van der Waals surface area contributed by atoms with E-state index in [2.05, 4.69) is 22.3 Å². The Morgan fingerprint density at radius 2 is 1.90 bits per heavy atom. The summed E-state index contributed by atoms with van der Waals surface area (Å²) >= 11 is 0. The Hall–Kier alpha value is -1.38. The van der Waals surface area contributed by atoms with Crippen LogP contribution in [0.4, 0.5) is 4.79 Å². The van der Waals surface area contributed by atoms with Crippen LogP contribution in [0.2, 0.25) is 0 Å². The number of hydrogen-bond donors (Lipinski definition) is 2. The summed E-state index contributed by atoms with van der Waals surface area (Å²) in [6, 6.07) is 0.460. The topological polar surface area (TPSA) is 79.4 Å². The fourth-order valence-corrected chi connectivity index (χ4v) is 5.54. The standard InChI is InChI=1S/C21H39N5O3/c1-14(2)23(5)21(29)25-12-15(3)26(16(4)28)19-7-6-17(10-20(19)25)18-11-22-24(13-18)8-9-27/h14-15,17-20,22,27H,6-13H2,1-5H3/t15-,17?,18?,19?,20?/m0/s1. The van der Waals surface area contributed by atoms with Crippen molar-refractivity contribution in [2.45, 2.75) is 71.1 Å². The van der Waals surface area contributed by atoms with E-state index in [4.69, 9.17) is 0 Å². The molecule has 166 valence electrons. The smallest absolute Gasteiger partial charge is 0.320 e. The molecule has 0 radical (unpaired) electrons. The van der Waals surface area contributed by atoms with Crippen LogP contribution < -0.4 is 5.43 Å². The first-order chi connectivity index (χ1) is 13.7. The van der Waals surface area contributed by atoms with Crippen LogP contribution in [0.25, 0.3) is 0 Å². The Morgan fingerprint density at radius 1 is 1.17 bits per heavy atom. The summed E-state index contributed by atoms with van der Waals surface area (Å²) in [7, 11) is 1.87. The summed E-state index contributed by atoms with van der Waals surface area (Å²) in [6.07, 6.45) is 2.97.